The van der Waals surface area contributed by atoms with Gasteiger partial charge in [-0.3, -0.25) is 0 Å². The lowest BCUT2D eigenvalue weighted by Gasteiger charge is -2.26. The standard InChI is InChI=1S/C14H25N3S/c1-11-12(18-13(16-11)14(2,3)4)5-8-17-9-6-15-7-10-17/h15H,5-10H2,1-4H3. The Labute approximate surface area is 115 Å². The zero-order valence-corrected chi connectivity index (χ0v) is 12.9. The molecule has 0 spiro atoms. The molecular formula is C14H25N3S. The fourth-order valence-electron chi connectivity index (χ4n) is 2.18. The molecule has 4 heteroatoms. The molecule has 0 aliphatic carbocycles. The monoisotopic (exact) mass is 267 g/mol. The summed E-state index contributed by atoms with van der Waals surface area (Å²) < 4.78 is 0. The molecule has 0 aromatic carbocycles. The van der Waals surface area contributed by atoms with E-state index in [-0.39, 0.29) is 5.41 Å². The van der Waals surface area contributed by atoms with Gasteiger partial charge in [0.15, 0.2) is 0 Å². The molecule has 1 aromatic rings. The van der Waals surface area contributed by atoms with Gasteiger partial charge in [-0.2, -0.15) is 0 Å². The Morgan fingerprint density at radius 3 is 2.50 bits per heavy atom. The van der Waals surface area contributed by atoms with E-state index in [2.05, 4.69) is 37.9 Å². The maximum atomic E-state index is 4.73. The van der Waals surface area contributed by atoms with Crippen LogP contribution in [0.5, 0.6) is 0 Å². The van der Waals surface area contributed by atoms with E-state index in [0.29, 0.717) is 0 Å². The van der Waals surface area contributed by atoms with Crippen molar-refractivity contribution in [3.8, 4) is 0 Å². The van der Waals surface area contributed by atoms with Crippen molar-refractivity contribution in [1.82, 2.24) is 15.2 Å². The highest BCUT2D eigenvalue weighted by Crippen LogP contribution is 2.29. The molecule has 3 nitrogen and oxygen atoms in total. The average Bonchev–Trinajstić information content (AvgIpc) is 2.69. The van der Waals surface area contributed by atoms with Crippen molar-refractivity contribution in [2.24, 2.45) is 0 Å². The summed E-state index contributed by atoms with van der Waals surface area (Å²) >= 11 is 1.90. The van der Waals surface area contributed by atoms with Crippen LogP contribution >= 0.6 is 11.3 Å². The molecule has 0 unspecified atom stereocenters. The van der Waals surface area contributed by atoms with Gasteiger partial charge in [0.05, 0.1) is 10.7 Å². The number of aromatic nitrogens is 1. The Balaban J connectivity index is 1.94. The lowest BCUT2D eigenvalue weighted by molar-refractivity contribution is 0.244. The van der Waals surface area contributed by atoms with Crippen LogP contribution in [-0.2, 0) is 11.8 Å². The van der Waals surface area contributed by atoms with Crippen molar-refractivity contribution < 1.29 is 0 Å². The summed E-state index contributed by atoms with van der Waals surface area (Å²) in [6, 6.07) is 0. The summed E-state index contributed by atoms with van der Waals surface area (Å²) in [6.45, 7) is 14.7. The molecule has 2 rings (SSSR count). The van der Waals surface area contributed by atoms with Crippen molar-refractivity contribution in [2.45, 2.75) is 39.5 Å². The van der Waals surface area contributed by atoms with E-state index in [1.54, 1.807) is 0 Å². The van der Waals surface area contributed by atoms with Gasteiger partial charge in [-0.25, -0.2) is 4.98 Å². The Morgan fingerprint density at radius 1 is 1.28 bits per heavy atom. The predicted octanol–water partition coefficient (Wildman–Crippen LogP) is 2.20. The third kappa shape index (κ3) is 3.53. The minimum absolute atomic E-state index is 0.183. The van der Waals surface area contributed by atoms with Crippen LogP contribution in [0.1, 0.15) is 36.3 Å². The zero-order chi connectivity index (χ0) is 13.2. The molecule has 102 valence electrons. The molecule has 1 N–H and O–H groups in total. The van der Waals surface area contributed by atoms with Crippen molar-refractivity contribution in [1.29, 1.82) is 0 Å². The van der Waals surface area contributed by atoms with Crippen LogP contribution in [-0.4, -0.2) is 42.6 Å². The molecule has 0 atom stereocenters. The first-order valence-corrected chi connectivity index (χ1v) is 7.68. The number of aryl methyl sites for hydroxylation is 1. The maximum absolute atomic E-state index is 4.73. The van der Waals surface area contributed by atoms with E-state index in [1.165, 1.54) is 35.2 Å². The first-order chi connectivity index (χ1) is 8.47. The smallest absolute Gasteiger partial charge is 0.0984 e. The van der Waals surface area contributed by atoms with Gasteiger partial charge < -0.3 is 10.2 Å². The third-order valence-electron chi connectivity index (χ3n) is 3.40. The minimum atomic E-state index is 0.183. The van der Waals surface area contributed by atoms with Crippen molar-refractivity contribution >= 4 is 11.3 Å². The lowest BCUT2D eigenvalue weighted by atomic mass is 9.98. The molecular weight excluding hydrogens is 242 g/mol. The minimum Gasteiger partial charge on any atom is -0.314 e. The molecule has 1 aromatic heterocycles. The van der Waals surface area contributed by atoms with Crippen LogP contribution in [0, 0.1) is 6.92 Å². The van der Waals surface area contributed by atoms with Crippen LogP contribution < -0.4 is 5.32 Å². The van der Waals surface area contributed by atoms with Crippen LogP contribution in [0.4, 0.5) is 0 Å². The fourth-order valence-corrected chi connectivity index (χ4v) is 3.28. The van der Waals surface area contributed by atoms with E-state index < -0.39 is 0 Å². The van der Waals surface area contributed by atoms with E-state index in [0.717, 1.165) is 19.5 Å². The van der Waals surface area contributed by atoms with Crippen LogP contribution in [0.3, 0.4) is 0 Å². The third-order valence-corrected chi connectivity index (χ3v) is 5.04. The number of thiazole rings is 1. The van der Waals surface area contributed by atoms with Gasteiger partial charge in [0.2, 0.25) is 0 Å². The van der Waals surface area contributed by atoms with Gasteiger partial charge in [0, 0.05) is 43.0 Å². The number of nitrogens with one attached hydrogen (secondary N) is 1. The summed E-state index contributed by atoms with van der Waals surface area (Å²) in [5.41, 5.74) is 1.42. The first-order valence-electron chi connectivity index (χ1n) is 6.86. The molecule has 1 aliphatic heterocycles. The van der Waals surface area contributed by atoms with E-state index in [9.17, 15) is 0 Å². The Bertz CT molecular complexity index is 386. The topological polar surface area (TPSA) is 28.2 Å². The second-order valence-electron chi connectivity index (χ2n) is 6.12. The summed E-state index contributed by atoms with van der Waals surface area (Å²) in [5, 5.41) is 4.67. The van der Waals surface area contributed by atoms with Crippen LogP contribution in [0.25, 0.3) is 0 Å². The van der Waals surface area contributed by atoms with Crippen LogP contribution in [0.15, 0.2) is 0 Å². The maximum Gasteiger partial charge on any atom is 0.0984 e. The number of hydrogen-bond acceptors (Lipinski definition) is 4. The Hall–Kier alpha value is -0.450. The second-order valence-corrected chi connectivity index (χ2v) is 7.20. The summed E-state index contributed by atoms with van der Waals surface area (Å²) in [7, 11) is 0. The van der Waals surface area contributed by atoms with E-state index >= 15 is 0 Å². The summed E-state index contributed by atoms with van der Waals surface area (Å²) in [4.78, 5) is 8.75. The van der Waals surface area contributed by atoms with Gasteiger partial charge in [0.25, 0.3) is 0 Å². The fraction of sp³-hybridized carbons (Fsp3) is 0.786. The number of nitrogens with zero attached hydrogens (tertiary/aromatic N) is 2. The molecule has 2 heterocycles. The number of rotatable bonds is 3. The van der Waals surface area contributed by atoms with Gasteiger partial charge in [-0.1, -0.05) is 20.8 Å². The van der Waals surface area contributed by atoms with Crippen molar-refractivity contribution in [3.63, 3.8) is 0 Å². The van der Waals surface area contributed by atoms with E-state index in [4.69, 9.17) is 4.98 Å². The molecule has 0 bridgehead atoms. The first kappa shape index (κ1) is 14.0. The second kappa shape index (κ2) is 5.68. The van der Waals surface area contributed by atoms with Crippen molar-refractivity contribution in [3.05, 3.63) is 15.6 Å². The Kier molecular flexibility index (Phi) is 4.41. The van der Waals surface area contributed by atoms with Gasteiger partial charge in [-0.05, 0) is 13.3 Å². The largest absolute Gasteiger partial charge is 0.314 e. The highest BCUT2D eigenvalue weighted by Gasteiger charge is 2.20. The quantitative estimate of drug-likeness (QED) is 0.910. The Morgan fingerprint density at radius 2 is 1.94 bits per heavy atom. The highest BCUT2D eigenvalue weighted by molar-refractivity contribution is 7.11. The molecule has 1 aliphatic rings. The van der Waals surface area contributed by atoms with Gasteiger partial charge >= 0.3 is 0 Å². The van der Waals surface area contributed by atoms with Gasteiger partial charge in [-0.15, -0.1) is 11.3 Å². The molecule has 0 amide bonds. The molecule has 1 saturated heterocycles. The number of piperazine rings is 1. The summed E-state index contributed by atoms with van der Waals surface area (Å²) in [6.07, 6.45) is 1.15. The van der Waals surface area contributed by atoms with Gasteiger partial charge in [0.1, 0.15) is 0 Å². The van der Waals surface area contributed by atoms with E-state index in [1.807, 2.05) is 11.3 Å². The predicted molar refractivity (Wildman–Crippen MR) is 78.6 cm³/mol. The van der Waals surface area contributed by atoms with Crippen molar-refractivity contribution in [2.75, 3.05) is 32.7 Å². The molecule has 0 radical (unpaired) electrons. The average molecular weight is 267 g/mol. The van der Waals surface area contributed by atoms with Crippen LogP contribution in [0.2, 0.25) is 0 Å². The lowest BCUT2D eigenvalue weighted by Crippen LogP contribution is -2.44. The number of hydrogen-bond donors (Lipinski definition) is 1. The normalized spacial score (nSPS) is 18.2. The molecule has 18 heavy (non-hydrogen) atoms. The molecule has 1 fully saturated rings. The zero-order valence-electron chi connectivity index (χ0n) is 12.0. The summed E-state index contributed by atoms with van der Waals surface area (Å²) in [5.74, 6) is 0. The SMILES string of the molecule is Cc1nc(C(C)(C)C)sc1CCN1CCNCC1. The highest BCUT2D eigenvalue weighted by atomic mass is 32.1. The molecule has 0 saturated carbocycles.